The van der Waals surface area contributed by atoms with Gasteiger partial charge in [0.15, 0.2) is 29.6 Å². The second kappa shape index (κ2) is 8.11. The van der Waals surface area contributed by atoms with Gasteiger partial charge in [-0.1, -0.05) is 12.1 Å². The first kappa shape index (κ1) is 17.4. The monoisotopic (exact) mass is 358 g/mol. The molecule has 0 saturated carbocycles. The third kappa shape index (κ3) is 3.97. The zero-order valence-corrected chi connectivity index (χ0v) is 14.4. The van der Waals surface area contributed by atoms with Gasteiger partial charge in [-0.2, -0.15) is 5.10 Å². The maximum atomic E-state index is 11.9. The molecular weight excluding hydrogens is 340 g/mol. The van der Waals surface area contributed by atoms with Crippen molar-refractivity contribution in [1.82, 2.24) is 5.43 Å². The number of carbonyl (C=O) groups excluding carboxylic acids is 1. The summed E-state index contributed by atoms with van der Waals surface area (Å²) in [6.07, 6.45) is 1.46. The lowest BCUT2D eigenvalue weighted by atomic mass is 10.2. The van der Waals surface area contributed by atoms with Crippen LogP contribution >= 0.6 is 0 Å². The van der Waals surface area contributed by atoms with Crippen molar-refractivity contribution in [3.05, 3.63) is 42.0 Å². The summed E-state index contributed by atoms with van der Waals surface area (Å²) in [5.74, 6) is 2.37. The number of carbonyl (C=O) groups is 1. The normalized spacial score (nSPS) is 12.1. The topological polar surface area (TPSA) is 87.6 Å². The Bertz CT molecular complexity index is 821. The number of amides is 1. The van der Waals surface area contributed by atoms with Gasteiger partial charge in [0, 0.05) is 11.6 Å². The lowest BCUT2D eigenvalue weighted by Gasteiger charge is -2.09. The van der Waals surface area contributed by atoms with Gasteiger partial charge in [-0.05, 0) is 18.2 Å². The molecule has 136 valence electrons. The van der Waals surface area contributed by atoms with Gasteiger partial charge in [0.05, 0.1) is 20.4 Å². The van der Waals surface area contributed by atoms with E-state index in [2.05, 4.69) is 10.5 Å². The molecule has 8 nitrogen and oxygen atoms in total. The third-order valence-corrected chi connectivity index (χ3v) is 3.55. The molecule has 1 N–H and O–H groups in total. The van der Waals surface area contributed by atoms with Crippen LogP contribution in [0.4, 0.5) is 0 Å². The summed E-state index contributed by atoms with van der Waals surface area (Å²) in [6.45, 7) is -0.0356. The van der Waals surface area contributed by atoms with Crippen LogP contribution in [-0.4, -0.2) is 39.7 Å². The van der Waals surface area contributed by atoms with Crippen molar-refractivity contribution in [2.75, 3.05) is 27.6 Å². The molecule has 8 heteroatoms. The first-order valence-electron chi connectivity index (χ1n) is 7.76. The van der Waals surface area contributed by atoms with E-state index in [1.807, 2.05) is 6.07 Å². The van der Waals surface area contributed by atoms with E-state index in [1.165, 1.54) is 20.4 Å². The maximum absolute atomic E-state index is 11.9. The van der Waals surface area contributed by atoms with Gasteiger partial charge in [-0.25, -0.2) is 5.43 Å². The zero-order valence-electron chi connectivity index (χ0n) is 14.4. The van der Waals surface area contributed by atoms with E-state index in [9.17, 15) is 4.79 Å². The van der Waals surface area contributed by atoms with Gasteiger partial charge in [0.1, 0.15) is 5.75 Å². The fourth-order valence-corrected chi connectivity index (χ4v) is 2.30. The summed E-state index contributed by atoms with van der Waals surface area (Å²) < 4.78 is 26.5. The molecule has 2 aromatic carbocycles. The standard InChI is InChI=1S/C18H18N2O6/c1-22-13-5-3-4-6-14(13)24-10-18(21)20-19-9-12-7-16-17(26-11-25-16)8-15(12)23-2/h3-9H,10-11H2,1-2H3,(H,20,21)/b19-9-. The van der Waals surface area contributed by atoms with Crippen molar-refractivity contribution in [3.63, 3.8) is 0 Å². The van der Waals surface area contributed by atoms with Gasteiger partial charge in [0.25, 0.3) is 5.91 Å². The number of hydrogen-bond acceptors (Lipinski definition) is 7. The van der Waals surface area contributed by atoms with Crippen molar-refractivity contribution < 1.29 is 28.5 Å². The van der Waals surface area contributed by atoms with E-state index in [-0.39, 0.29) is 13.4 Å². The molecule has 1 aliphatic rings. The van der Waals surface area contributed by atoms with Crippen LogP contribution in [0.25, 0.3) is 0 Å². The van der Waals surface area contributed by atoms with Crippen molar-refractivity contribution >= 4 is 12.1 Å². The molecule has 1 amide bonds. The minimum Gasteiger partial charge on any atom is -0.496 e. The summed E-state index contributed by atoms with van der Waals surface area (Å²) in [7, 11) is 3.07. The maximum Gasteiger partial charge on any atom is 0.277 e. The highest BCUT2D eigenvalue weighted by Gasteiger charge is 2.17. The molecule has 0 aromatic heterocycles. The summed E-state index contributed by atoms with van der Waals surface area (Å²) in [4.78, 5) is 11.9. The van der Waals surface area contributed by atoms with Crippen molar-refractivity contribution in [1.29, 1.82) is 0 Å². The minimum atomic E-state index is -0.410. The Hall–Kier alpha value is -3.42. The molecule has 1 heterocycles. The van der Waals surface area contributed by atoms with E-state index in [0.717, 1.165) is 0 Å². The molecular formula is C18H18N2O6. The van der Waals surface area contributed by atoms with Crippen LogP contribution in [0.2, 0.25) is 0 Å². The number of hydrazone groups is 1. The Morgan fingerprint density at radius 3 is 2.54 bits per heavy atom. The number of ether oxygens (including phenoxy) is 5. The Labute approximate surface area is 150 Å². The number of nitrogens with one attached hydrogen (secondary N) is 1. The smallest absolute Gasteiger partial charge is 0.277 e. The van der Waals surface area contributed by atoms with Crippen LogP contribution in [0, 0.1) is 0 Å². The molecule has 1 aliphatic heterocycles. The summed E-state index contributed by atoms with van der Waals surface area (Å²) in [5, 5.41) is 3.92. The SMILES string of the molecule is COc1cc2c(cc1/C=N\NC(=O)COc1ccccc1OC)OCO2. The van der Waals surface area contributed by atoms with Crippen LogP contribution in [0.15, 0.2) is 41.5 Å². The van der Waals surface area contributed by atoms with E-state index in [4.69, 9.17) is 23.7 Å². The quantitative estimate of drug-likeness (QED) is 0.601. The summed E-state index contributed by atoms with van der Waals surface area (Å²) in [6, 6.07) is 10.5. The molecule has 0 spiro atoms. The Kier molecular flexibility index (Phi) is 5.43. The van der Waals surface area contributed by atoms with Crippen molar-refractivity contribution in [2.45, 2.75) is 0 Å². The van der Waals surface area contributed by atoms with Crippen LogP contribution in [0.3, 0.4) is 0 Å². The molecule has 26 heavy (non-hydrogen) atoms. The first-order valence-corrected chi connectivity index (χ1v) is 7.76. The minimum absolute atomic E-state index is 0.163. The Morgan fingerprint density at radius 1 is 1.12 bits per heavy atom. The van der Waals surface area contributed by atoms with Gasteiger partial charge in [0.2, 0.25) is 6.79 Å². The van der Waals surface area contributed by atoms with E-state index in [0.29, 0.717) is 34.3 Å². The lowest BCUT2D eigenvalue weighted by Crippen LogP contribution is -2.24. The second-order valence-electron chi connectivity index (χ2n) is 5.18. The number of nitrogens with zero attached hydrogens (tertiary/aromatic N) is 1. The van der Waals surface area contributed by atoms with E-state index >= 15 is 0 Å². The third-order valence-electron chi connectivity index (χ3n) is 3.55. The fourth-order valence-electron chi connectivity index (χ4n) is 2.30. The fraction of sp³-hybridized carbons (Fsp3) is 0.222. The average Bonchev–Trinajstić information content (AvgIpc) is 3.13. The highest BCUT2D eigenvalue weighted by molar-refractivity contribution is 5.86. The molecule has 0 aliphatic carbocycles. The molecule has 0 saturated heterocycles. The van der Waals surface area contributed by atoms with E-state index < -0.39 is 5.91 Å². The van der Waals surface area contributed by atoms with Crippen LogP contribution < -0.4 is 29.1 Å². The number of fused-ring (bicyclic) bond motifs is 1. The molecule has 0 radical (unpaired) electrons. The van der Waals surface area contributed by atoms with Crippen molar-refractivity contribution in [2.24, 2.45) is 5.10 Å². The Morgan fingerprint density at radius 2 is 1.81 bits per heavy atom. The molecule has 2 aromatic rings. The number of hydrogen-bond donors (Lipinski definition) is 1. The Balaban J connectivity index is 1.58. The van der Waals surface area contributed by atoms with Crippen LogP contribution in [0.1, 0.15) is 5.56 Å². The van der Waals surface area contributed by atoms with Gasteiger partial charge in [-0.3, -0.25) is 4.79 Å². The highest BCUT2D eigenvalue weighted by Crippen LogP contribution is 2.37. The predicted octanol–water partition coefficient (Wildman–Crippen LogP) is 1.96. The molecule has 0 bridgehead atoms. The van der Waals surface area contributed by atoms with Crippen LogP contribution in [-0.2, 0) is 4.79 Å². The number of benzene rings is 2. The second-order valence-corrected chi connectivity index (χ2v) is 5.18. The van der Waals surface area contributed by atoms with Crippen molar-refractivity contribution in [3.8, 4) is 28.7 Å². The lowest BCUT2D eigenvalue weighted by molar-refractivity contribution is -0.123. The largest absolute Gasteiger partial charge is 0.496 e. The van der Waals surface area contributed by atoms with Gasteiger partial charge < -0.3 is 23.7 Å². The average molecular weight is 358 g/mol. The summed E-state index contributed by atoms with van der Waals surface area (Å²) >= 11 is 0. The molecule has 0 fully saturated rings. The predicted molar refractivity (Wildman–Crippen MR) is 93.3 cm³/mol. The molecule has 3 rings (SSSR count). The zero-order chi connectivity index (χ0) is 18.4. The van der Waals surface area contributed by atoms with E-state index in [1.54, 1.807) is 30.3 Å². The van der Waals surface area contributed by atoms with Gasteiger partial charge >= 0.3 is 0 Å². The number of para-hydroxylation sites is 2. The first-order chi connectivity index (χ1) is 12.7. The number of rotatable bonds is 7. The highest BCUT2D eigenvalue weighted by atomic mass is 16.7. The number of methoxy groups -OCH3 is 2. The van der Waals surface area contributed by atoms with Gasteiger partial charge in [-0.15, -0.1) is 0 Å². The summed E-state index contributed by atoms with van der Waals surface area (Å²) in [5.41, 5.74) is 3.04. The molecule has 0 atom stereocenters. The molecule has 0 unspecified atom stereocenters. The van der Waals surface area contributed by atoms with Crippen LogP contribution in [0.5, 0.6) is 28.7 Å².